The number of fused-ring (bicyclic) bond motifs is 1. The minimum Gasteiger partial charge on any atom is -0.306 e. The molecule has 0 aliphatic carbocycles. The maximum Gasteiger partial charge on any atom is 0.137 e. The molecule has 0 bridgehead atoms. The van der Waals surface area contributed by atoms with Crippen molar-refractivity contribution in [2.24, 2.45) is 0 Å². The van der Waals surface area contributed by atoms with Crippen LogP contribution in [-0.4, -0.2) is 5.54 Å². The third kappa shape index (κ3) is 1.65. The highest BCUT2D eigenvalue weighted by atomic mass is 15.0. The van der Waals surface area contributed by atoms with Crippen LogP contribution in [-0.2, 0) is 0 Å². The van der Waals surface area contributed by atoms with Crippen molar-refractivity contribution in [1.29, 1.82) is 0 Å². The fourth-order valence-corrected chi connectivity index (χ4v) is 1.72. The summed E-state index contributed by atoms with van der Waals surface area (Å²) in [6, 6.07) is 6.61. The molecule has 0 saturated carbocycles. The molecule has 0 fully saturated rings. The maximum atomic E-state index is 2.32. The van der Waals surface area contributed by atoms with Crippen molar-refractivity contribution in [3.8, 4) is 0 Å². The molecular formula is C12H16N+. The van der Waals surface area contributed by atoms with Crippen molar-refractivity contribution in [3.63, 3.8) is 0 Å². The molecular weight excluding hydrogens is 158 g/mol. The zero-order valence-corrected chi connectivity index (χ0v) is 8.46. The highest BCUT2D eigenvalue weighted by molar-refractivity contribution is 5.63. The summed E-state index contributed by atoms with van der Waals surface area (Å²) in [4.78, 5) is 0. The lowest BCUT2D eigenvalue weighted by molar-refractivity contribution is -0.634. The number of hydrogen-bond donors (Lipinski definition) is 1. The molecule has 1 aliphatic rings. The van der Waals surface area contributed by atoms with Gasteiger partial charge in [-0.05, 0) is 45.1 Å². The van der Waals surface area contributed by atoms with E-state index in [-0.39, 0.29) is 5.54 Å². The number of benzene rings is 1. The van der Waals surface area contributed by atoms with E-state index in [0.717, 1.165) is 0 Å². The second-order valence-electron chi connectivity index (χ2n) is 4.43. The summed E-state index contributed by atoms with van der Waals surface area (Å²) in [6.45, 7) is 6.59. The van der Waals surface area contributed by atoms with E-state index in [0.29, 0.717) is 0 Å². The summed E-state index contributed by atoms with van der Waals surface area (Å²) in [6.07, 6.45) is 4.48. The molecule has 2 N–H and O–H groups in total. The summed E-state index contributed by atoms with van der Waals surface area (Å²) in [5.74, 6) is 0. The molecule has 0 spiro atoms. The number of nitrogens with two attached hydrogens (primary N) is 1. The number of quaternary nitrogens is 1. The van der Waals surface area contributed by atoms with Crippen LogP contribution in [0.1, 0.15) is 25.0 Å². The summed E-state index contributed by atoms with van der Waals surface area (Å²) < 4.78 is 0. The molecule has 1 heterocycles. The van der Waals surface area contributed by atoms with Gasteiger partial charge in [-0.15, -0.1) is 0 Å². The molecule has 68 valence electrons. The molecule has 13 heavy (non-hydrogen) atoms. The van der Waals surface area contributed by atoms with E-state index in [1.54, 1.807) is 0 Å². The van der Waals surface area contributed by atoms with Gasteiger partial charge in [-0.25, -0.2) is 0 Å². The predicted molar refractivity (Wildman–Crippen MR) is 55.9 cm³/mol. The van der Waals surface area contributed by atoms with Crippen LogP contribution < -0.4 is 5.32 Å². The summed E-state index contributed by atoms with van der Waals surface area (Å²) >= 11 is 0. The Morgan fingerprint density at radius 2 is 2.00 bits per heavy atom. The monoisotopic (exact) mass is 174 g/mol. The second kappa shape index (κ2) is 2.71. The first-order valence-electron chi connectivity index (χ1n) is 4.73. The molecule has 0 aromatic heterocycles. The first-order valence-corrected chi connectivity index (χ1v) is 4.73. The van der Waals surface area contributed by atoms with Crippen LogP contribution in [0, 0.1) is 6.92 Å². The van der Waals surface area contributed by atoms with Crippen LogP contribution in [0.4, 0.5) is 5.69 Å². The van der Waals surface area contributed by atoms with Gasteiger partial charge >= 0.3 is 0 Å². The van der Waals surface area contributed by atoms with E-state index < -0.39 is 0 Å². The van der Waals surface area contributed by atoms with Gasteiger partial charge in [-0.3, -0.25) is 0 Å². The predicted octanol–water partition coefficient (Wildman–Crippen LogP) is 2.00. The lowest BCUT2D eigenvalue weighted by Crippen LogP contribution is -2.90. The van der Waals surface area contributed by atoms with Gasteiger partial charge < -0.3 is 5.32 Å². The van der Waals surface area contributed by atoms with Crippen LogP contribution in [0.3, 0.4) is 0 Å². The number of aryl methyl sites for hydroxylation is 1. The fraction of sp³-hybridized carbons (Fsp3) is 0.333. The SMILES string of the molecule is Cc1ccc2c(c1)C=CC(C)(C)[NH2+]2. The van der Waals surface area contributed by atoms with E-state index in [1.165, 1.54) is 16.8 Å². The normalized spacial score (nSPS) is 18.4. The highest BCUT2D eigenvalue weighted by Crippen LogP contribution is 2.20. The highest BCUT2D eigenvalue weighted by Gasteiger charge is 2.23. The summed E-state index contributed by atoms with van der Waals surface area (Å²) in [5, 5.41) is 2.32. The van der Waals surface area contributed by atoms with E-state index in [4.69, 9.17) is 0 Å². The first kappa shape index (κ1) is 8.52. The Labute approximate surface area is 79.5 Å². The van der Waals surface area contributed by atoms with Gasteiger partial charge in [0.15, 0.2) is 0 Å². The molecule has 1 aromatic rings. The number of hydrogen-bond acceptors (Lipinski definition) is 0. The molecule has 0 radical (unpaired) electrons. The molecule has 2 rings (SSSR count). The Morgan fingerprint density at radius 3 is 2.77 bits per heavy atom. The molecule has 0 atom stereocenters. The van der Waals surface area contributed by atoms with E-state index in [2.05, 4.69) is 56.4 Å². The largest absolute Gasteiger partial charge is 0.306 e. The fourth-order valence-electron chi connectivity index (χ4n) is 1.72. The molecule has 1 aliphatic heterocycles. The van der Waals surface area contributed by atoms with Crippen LogP contribution in [0.5, 0.6) is 0 Å². The topological polar surface area (TPSA) is 16.6 Å². The van der Waals surface area contributed by atoms with Gasteiger partial charge in [-0.2, -0.15) is 0 Å². The van der Waals surface area contributed by atoms with Gasteiger partial charge in [0.25, 0.3) is 0 Å². The smallest absolute Gasteiger partial charge is 0.137 e. The molecule has 0 unspecified atom stereocenters. The van der Waals surface area contributed by atoms with E-state index in [9.17, 15) is 0 Å². The first-order chi connectivity index (χ1) is 6.07. The van der Waals surface area contributed by atoms with Crippen molar-refractivity contribution in [1.82, 2.24) is 0 Å². The summed E-state index contributed by atoms with van der Waals surface area (Å²) in [5.41, 5.74) is 4.25. The van der Waals surface area contributed by atoms with Gasteiger partial charge in [0.2, 0.25) is 0 Å². The molecule has 1 aromatic carbocycles. The number of rotatable bonds is 0. The average molecular weight is 174 g/mol. The second-order valence-corrected chi connectivity index (χ2v) is 4.43. The van der Waals surface area contributed by atoms with Crippen molar-refractivity contribution >= 4 is 11.8 Å². The maximum absolute atomic E-state index is 2.32. The van der Waals surface area contributed by atoms with Gasteiger partial charge in [-0.1, -0.05) is 11.6 Å². The minimum atomic E-state index is 0.211. The molecule has 1 heteroatoms. The summed E-state index contributed by atoms with van der Waals surface area (Å²) in [7, 11) is 0. The molecule has 0 saturated heterocycles. The third-order valence-electron chi connectivity index (χ3n) is 2.46. The van der Waals surface area contributed by atoms with Crippen LogP contribution in [0.2, 0.25) is 0 Å². The Kier molecular flexibility index (Phi) is 1.77. The van der Waals surface area contributed by atoms with Gasteiger partial charge in [0, 0.05) is 5.56 Å². The molecule has 0 amide bonds. The lowest BCUT2D eigenvalue weighted by Gasteiger charge is -2.23. The van der Waals surface area contributed by atoms with Crippen molar-refractivity contribution in [3.05, 3.63) is 35.4 Å². The third-order valence-corrected chi connectivity index (χ3v) is 2.46. The quantitative estimate of drug-likeness (QED) is 0.579. The lowest BCUT2D eigenvalue weighted by atomic mass is 9.96. The van der Waals surface area contributed by atoms with Gasteiger partial charge in [0.05, 0.1) is 0 Å². The van der Waals surface area contributed by atoms with Crippen molar-refractivity contribution in [2.75, 3.05) is 0 Å². The van der Waals surface area contributed by atoms with Crippen molar-refractivity contribution in [2.45, 2.75) is 26.3 Å². The zero-order valence-electron chi connectivity index (χ0n) is 8.46. The Hall–Kier alpha value is -1.08. The molecule has 1 nitrogen and oxygen atoms in total. The van der Waals surface area contributed by atoms with Crippen LogP contribution >= 0.6 is 0 Å². The average Bonchev–Trinajstić information content (AvgIpc) is 2.05. The van der Waals surface area contributed by atoms with E-state index >= 15 is 0 Å². The zero-order chi connectivity index (χ0) is 9.47. The Morgan fingerprint density at radius 1 is 1.23 bits per heavy atom. The standard InChI is InChI=1S/C12H15N/c1-9-4-5-11-10(8-9)6-7-12(2,3)13-11/h4-8,13H,1-3H3/p+1. The Balaban J connectivity index is 2.47. The van der Waals surface area contributed by atoms with Crippen LogP contribution in [0.25, 0.3) is 6.08 Å². The minimum absolute atomic E-state index is 0.211. The van der Waals surface area contributed by atoms with E-state index in [1.807, 2.05) is 0 Å². The van der Waals surface area contributed by atoms with Crippen LogP contribution in [0.15, 0.2) is 24.3 Å². The van der Waals surface area contributed by atoms with Crippen molar-refractivity contribution < 1.29 is 5.32 Å². The Bertz CT molecular complexity index is 361. The van der Waals surface area contributed by atoms with Gasteiger partial charge in [0.1, 0.15) is 11.2 Å².